The summed E-state index contributed by atoms with van der Waals surface area (Å²) in [5, 5.41) is 2.85. The average molecular weight is 493 g/mol. The lowest BCUT2D eigenvalue weighted by Crippen LogP contribution is -2.38. The van der Waals surface area contributed by atoms with Crippen LogP contribution in [0.25, 0.3) is 0 Å². The third-order valence-corrected chi connectivity index (χ3v) is 8.42. The fourth-order valence-corrected chi connectivity index (χ4v) is 5.91. The molecule has 3 aromatic rings. The second kappa shape index (κ2) is 9.02. The van der Waals surface area contributed by atoms with Gasteiger partial charge in [0.15, 0.2) is 11.5 Å². The van der Waals surface area contributed by atoms with Gasteiger partial charge in [-0.05, 0) is 68.5 Å². The molecule has 0 radical (unpaired) electrons. The van der Waals surface area contributed by atoms with Crippen LogP contribution in [0.2, 0.25) is 0 Å². The Morgan fingerprint density at radius 1 is 0.943 bits per heavy atom. The van der Waals surface area contributed by atoms with Crippen LogP contribution in [0.5, 0.6) is 23.0 Å². The number of amides is 1. The number of benzene rings is 3. The summed E-state index contributed by atoms with van der Waals surface area (Å²) in [6, 6.07) is 15.7. The highest BCUT2D eigenvalue weighted by atomic mass is 32.2. The summed E-state index contributed by atoms with van der Waals surface area (Å²) in [5.41, 5.74) is 2.69. The largest absolute Gasteiger partial charge is 0.456 e. The van der Waals surface area contributed by atoms with Crippen LogP contribution in [0.1, 0.15) is 41.3 Å². The first kappa shape index (κ1) is 23.4. The molecule has 0 bridgehead atoms. The van der Waals surface area contributed by atoms with Crippen molar-refractivity contribution in [3.05, 3.63) is 71.3 Å². The van der Waals surface area contributed by atoms with E-state index in [-0.39, 0.29) is 22.0 Å². The maximum Gasteiger partial charge on any atom is 0.259 e. The normalized spacial score (nSPS) is 16.5. The Hall–Kier alpha value is -3.36. The second-order valence-electron chi connectivity index (χ2n) is 9.35. The lowest BCUT2D eigenvalue weighted by Gasteiger charge is -2.30. The number of nitrogens with zero attached hydrogens (tertiary/aromatic N) is 1. The van der Waals surface area contributed by atoms with E-state index in [9.17, 15) is 13.2 Å². The van der Waals surface area contributed by atoms with Gasteiger partial charge < -0.3 is 14.8 Å². The molecule has 5 rings (SSSR count). The van der Waals surface area contributed by atoms with Crippen LogP contribution >= 0.6 is 0 Å². The molecule has 7 nitrogen and oxygen atoms in total. The Morgan fingerprint density at radius 2 is 1.63 bits per heavy atom. The van der Waals surface area contributed by atoms with Crippen LogP contribution in [0.3, 0.4) is 0 Å². The van der Waals surface area contributed by atoms with Gasteiger partial charge in [0.25, 0.3) is 5.91 Å². The number of hydrogen-bond donors (Lipinski definition) is 1. The summed E-state index contributed by atoms with van der Waals surface area (Å²) in [6.45, 7) is 6.86. The molecule has 0 saturated carbocycles. The monoisotopic (exact) mass is 492 g/mol. The summed E-state index contributed by atoms with van der Waals surface area (Å²) in [7, 11) is -3.91. The van der Waals surface area contributed by atoms with Gasteiger partial charge in [0.05, 0.1) is 11.3 Å². The molecule has 8 heteroatoms. The van der Waals surface area contributed by atoms with Gasteiger partial charge in [-0.15, -0.1) is 0 Å². The van der Waals surface area contributed by atoms with E-state index in [1.54, 1.807) is 18.2 Å². The summed E-state index contributed by atoms with van der Waals surface area (Å²) in [4.78, 5) is 13.1. The number of aryl methyl sites for hydroxylation is 2. The highest BCUT2D eigenvalue weighted by molar-refractivity contribution is 7.89. The zero-order valence-corrected chi connectivity index (χ0v) is 20.8. The smallest absolute Gasteiger partial charge is 0.259 e. The Morgan fingerprint density at radius 3 is 2.34 bits per heavy atom. The third-order valence-electron chi connectivity index (χ3n) is 6.50. The molecule has 0 aromatic heterocycles. The SMILES string of the molecule is Cc1ccc(Oc2cc3c(cc2S(=O)(=O)N2CCC(C)CC2)C(=O)Nc2cc(C)ccc2O3)cc1. The first-order chi connectivity index (χ1) is 16.7. The number of nitrogens with one attached hydrogen (secondary N) is 1. The second-order valence-corrected chi connectivity index (χ2v) is 11.3. The van der Waals surface area contributed by atoms with Crippen LogP contribution < -0.4 is 14.8 Å². The molecule has 182 valence electrons. The number of sulfonamides is 1. The minimum Gasteiger partial charge on any atom is -0.456 e. The van der Waals surface area contributed by atoms with Gasteiger partial charge >= 0.3 is 0 Å². The van der Waals surface area contributed by atoms with E-state index in [2.05, 4.69) is 12.2 Å². The molecule has 1 saturated heterocycles. The maximum atomic E-state index is 13.8. The molecule has 0 unspecified atom stereocenters. The number of carbonyl (C=O) groups excluding carboxylic acids is 1. The standard InChI is InChI=1S/C27H28N2O5S/c1-17-4-7-20(8-5-17)33-25-16-24-21(27(30)28-22-14-19(3)6-9-23(22)34-24)15-26(25)35(31,32)29-12-10-18(2)11-13-29/h4-9,14-16,18H,10-13H2,1-3H3,(H,28,30). The predicted octanol–water partition coefficient (Wildman–Crippen LogP) is 5.87. The molecule has 2 aliphatic heterocycles. The zero-order valence-electron chi connectivity index (χ0n) is 20.0. The number of carbonyl (C=O) groups is 1. The molecule has 2 aliphatic rings. The molecule has 3 aromatic carbocycles. The van der Waals surface area contributed by atoms with Gasteiger partial charge in [0.2, 0.25) is 10.0 Å². The van der Waals surface area contributed by atoms with E-state index in [1.165, 1.54) is 16.4 Å². The number of piperidine rings is 1. The van der Waals surface area contributed by atoms with E-state index in [1.807, 2.05) is 38.1 Å². The van der Waals surface area contributed by atoms with Crippen molar-refractivity contribution in [2.45, 2.75) is 38.5 Å². The maximum absolute atomic E-state index is 13.8. The molecule has 2 heterocycles. The van der Waals surface area contributed by atoms with E-state index < -0.39 is 15.9 Å². The lowest BCUT2D eigenvalue weighted by molar-refractivity contribution is 0.102. The quantitative estimate of drug-likeness (QED) is 0.492. The van der Waals surface area contributed by atoms with Crippen molar-refractivity contribution >= 4 is 21.6 Å². The molecule has 0 aliphatic carbocycles. The van der Waals surface area contributed by atoms with Crippen molar-refractivity contribution < 1.29 is 22.7 Å². The zero-order chi connectivity index (χ0) is 24.7. The van der Waals surface area contributed by atoms with Crippen LogP contribution in [0.4, 0.5) is 5.69 Å². The summed E-state index contributed by atoms with van der Waals surface area (Å²) >= 11 is 0. The van der Waals surface area contributed by atoms with E-state index in [0.717, 1.165) is 24.0 Å². The minimum atomic E-state index is -3.91. The van der Waals surface area contributed by atoms with Crippen molar-refractivity contribution in [3.63, 3.8) is 0 Å². The number of rotatable bonds is 4. The van der Waals surface area contributed by atoms with Gasteiger partial charge in [0, 0.05) is 19.2 Å². The fourth-order valence-electron chi connectivity index (χ4n) is 4.32. The lowest BCUT2D eigenvalue weighted by atomic mass is 10.0. The van der Waals surface area contributed by atoms with Crippen LogP contribution in [-0.2, 0) is 10.0 Å². The van der Waals surface area contributed by atoms with E-state index in [4.69, 9.17) is 9.47 Å². The predicted molar refractivity (Wildman–Crippen MR) is 134 cm³/mol. The van der Waals surface area contributed by atoms with Crippen molar-refractivity contribution in [2.75, 3.05) is 18.4 Å². The topological polar surface area (TPSA) is 84.9 Å². The van der Waals surface area contributed by atoms with E-state index >= 15 is 0 Å². The van der Waals surface area contributed by atoms with Crippen molar-refractivity contribution in [3.8, 4) is 23.0 Å². The summed E-state index contributed by atoms with van der Waals surface area (Å²) in [5.74, 6) is 1.36. The molecule has 1 N–H and O–H groups in total. The number of anilines is 1. The summed E-state index contributed by atoms with van der Waals surface area (Å²) < 4.78 is 41.2. The average Bonchev–Trinajstić information content (AvgIpc) is 2.95. The van der Waals surface area contributed by atoms with Crippen LogP contribution in [0, 0.1) is 19.8 Å². The molecule has 0 atom stereocenters. The Balaban J connectivity index is 1.63. The van der Waals surface area contributed by atoms with Gasteiger partial charge in [-0.25, -0.2) is 8.42 Å². The third kappa shape index (κ3) is 4.63. The number of hydrogen-bond acceptors (Lipinski definition) is 5. The van der Waals surface area contributed by atoms with Gasteiger partial charge in [-0.2, -0.15) is 4.31 Å². The molecule has 0 spiro atoms. The highest BCUT2D eigenvalue weighted by Gasteiger charge is 2.34. The summed E-state index contributed by atoms with van der Waals surface area (Å²) in [6.07, 6.45) is 1.58. The van der Waals surface area contributed by atoms with Crippen LogP contribution in [0.15, 0.2) is 59.5 Å². The molecular weight excluding hydrogens is 464 g/mol. The van der Waals surface area contributed by atoms with Crippen molar-refractivity contribution in [1.29, 1.82) is 0 Å². The number of fused-ring (bicyclic) bond motifs is 2. The Bertz CT molecular complexity index is 1390. The number of ether oxygens (including phenoxy) is 2. The fraction of sp³-hybridized carbons (Fsp3) is 0.296. The highest BCUT2D eigenvalue weighted by Crippen LogP contribution is 2.42. The Labute approximate surface area is 205 Å². The van der Waals surface area contributed by atoms with Gasteiger partial charge in [-0.1, -0.05) is 30.7 Å². The molecule has 1 amide bonds. The van der Waals surface area contributed by atoms with Crippen molar-refractivity contribution in [2.24, 2.45) is 5.92 Å². The minimum absolute atomic E-state index is 0.0488. The van der Waals surface area contributed by atoms with E-state index in [0.29, 0.717) is 36.2 Å². The van der Waals surface area contributed by atoms with Gasteiger partial charge in [-0.3, -0.25) is 4.79 Å². The van der Waals surface area contributed by atoms with Crippen LogP contribution in [-0.4, -0.2) is 31.7 Å². The molecular formula is C27H28N2O5S. The Kier molecular flexibility index (Phi) is 6.02. The molecule has 35 heavy (non-hydrogen) atoms. The molecule has 1 fully saturated rings. The first-order valence-corrected chi connectivity index (χ1v) is 13.2. The van der Waals surface area contributed by atoms with Gasteiger partial charge in [0.1, 0.15) is 16.4 Å². The first-order valence-electron chi connectivity index (χ1n) is 11.7. The van der Waals surface area contributed by atoms with Crippen molar-refractivity contribution in [1.82, 2.24) is 4.31 Å².